The van der Waals surface area contributed by atoms with Gasteiger partial charge in [-0.05, 0) is 30.4 Å². The van der Waals surface area contributed by atoms with E-state index in [-0.39, 0.29) is 18.6 Å². The molecule has 0 aliphatic rings. The zero-order valence-corrected chi connectivity index (χ0v) is 14.0. The zero-order chi connectivity index (χ0) is 16.8. The summed E-state index contributed by atoms with van der Waals surface area (Å²) in [5.41, 5.74) is 2.51. The van der Waals surface area contributed by atoms with Crippen LogP contribution < -0.4 is 5.32 Å². The Morgan fingerprint density at radius 1 is 1.26 bits per heavy atom. The molecule has 2 aromatic rings. The SMILES string of the molecule is CC(C)Cc1cc(C(=O)NC(CO)Cc2ccccc2)n(C)n1. The number of rotatable bonds is 7. The van der Waals surface area contributed by atoms with Crippen LogP contribution in [0.5, 0.6) is 0 Å². The van der Waals surface area contributed by atoms with Gasteiger partial charge in [0.2, 0.25) is 0 Å². The molecule has 0 aliphatic heterocycles. The molecule has 2 rings (SSSR count). The Morgan fingerprint density at radius 3 is 2.57 bits per heavy atom. The van der Waals surface area contributed by atoms with Crippen LogP contribution in [-0.4, -0.2) is 33.4 Å². The number of carbonyl (C=O) groups excluding carboxylic acids is 1. The topological polar surface area (TPSA) is 67.2 Å². The molecular weight excluding hydrogens is 290 g/mol. The van der Waals surface area contributed by atoms with Crippen LogP contribution >= 0.6 is 0 Å². The van der Waals surface area contributed by atoms with E-state index in [1.807, 2.05) is 36.4 Å². The number of amides is 1. The molecule has 0 spiro atoms. The lowest BCUT2D eigenvalue weighted by molar-refractivity contribution is 0.0907. The first-order chi connectivity index (χ1) is 11.0. The van der Waals surface area contributed by atoms with Crippen LogP contribution in [0, 0.1) is 5.92 Å². The lowest BCUT2D eigenvalue weighted by atomic mass is 10.1. The van der Waals surface area contributed by atoms with Crippen LogP contribution in [0.25, 0.3) is 0 Å². The minimum atomic E-state index is -0.312. The molecule has 23 heavy (non-hydrogen) atoms. The van der Waals surface area contributed by atoms with Crippen LogP contribution in [0.4, 0.5) is 0 Å². The molecule has 1 atom stereocenters. The van der Waals surface area contributed by atoms with Crippen LogP contribution in [0.2, 0.25) is 0 Å². The fraction of sp³-hybridized carbons (Fsp3) is 0.444. The highest BCUT2D eigenvalue weighted by molar-refractivity contribution is 5.92. The Labute approximate surface area is 137 Å². The molecule has 5 heteroatoms. The van der Waals surface area contributed by atoms with E-state index in [1.54, 1.807) is 11.7 Å². The van der Waals surface area contributed by atoms with Gasteiger partial charge in [0.25, 0.3) is 5.91 Å². The van der Waals surface area contributed by atoms with E-state index in [2.05, 4.69) is 24.3 Å². The van der Waals surface area contributed by atoms with E-state index in [4.69, 9.17) is 0 Å². The highest BCUT2D eigenvalue weighted by Gasteiger charge is 2.18. The highest BCUT2D eigenvalue weighted by Crippen LogP contribution is 2.10. The van der Waals surface area contributed by atoms with Crippen LogP contribution in [-0.2, 0) is 19.9 Å². The van der Waals surface area contributed by atoms with E-state index in [0.29, 0.717) is 18.0 Å². The van der Waals surface area contributed by atoms with E-state index in [1.165, 1.54) is 0 Å². The summed E-state index contributed by atoms with van der Waals surface area (Å²) in [5.74, 6) is 0.286. The fourth-order valence-electron chi connectivity index (χ4n) is 2.58. The molecule has 1 aromatic heterocycles. The molecule has 1 aromatic carbocycles. The molecule has 0 radical (unpaired) electrons. The van der Waals surface area contributed by atoms with Gasteiger partial charge >= 0.3 is 0 Å². The first-order valence-corrected chi connectivity index (χ1v) is 7.98. The monoisotopic (exact) mass is 315 g/mol. The van der Waals surface area contributed by atoms with E-state index < -0.39 is 0 Å². The standard InChI is InChI=1S/C18H25N3O2/c1-13(2)9-15-11-17(21(3)20-15)18(23)19-16(12-22)10-14-7-5-4-6-8-14/h4-8,11,13,16,22H,9-10,12H2,1-3H3,(H,19,23). The van der Waals surface area contributed by atoms with Gasteiger partial charge in [-0.2, -0.15) is 5.10 Å². The van der Waals surface area contributed by atoms with Crippen LogP contribution in [0.15, 0.2) is 36.4 Å². The largest absolute Gasteiger partial charge is 0.394 e. The van der Waals surface area contributed by atoms with E-state index in [0.717, 1.165) is 17.7 Å². The lowest BCUT2D eigenvalue weighted by Crippen LogP contribution is -2.39. The lowest BCUT2D eigenvalue weighted by Gasteiger charge is -2.16. The van der Waals surface area contributed by atoms with Crippen molar-refractivity contribution in [1.82, 2.24) is 15.1 Å². The molecule has 1 amide bonds. The minimum Gasteiger partial charge on any atom is -0.394 e. The van der Waals surface area contributed by atoms with Crippen molar-refractivity contribution in [2.45, 2.75) is 32.7 Å². The second-order valence-corrected chi connectivity index (χ2v) is 6.29. The van der Waals surface area contributed by atoms with Crippen LogP contribution in [0.1, 0.15) is 35.6 Å². The maximum Gasteiger partial charge on any atom is 0.269 e. The maximum atomic E-state index is 12.4. The predicted octanol–water partition coefficient (Wildman–Crippen LogP) is 1.95. The molecule has 124 valence electrons. The molecule has 2 N–H and O–H groups in total. The summed E-state index contributed by atoms with van der Waals surface area (Å²) in [4.78, 5) is 12.4. The third kappa shape index (κ3) is 4.93. The van der Waals surface area contributed by atoms with Gasteiger partial charge < -0.3 is 10.4 Å². The molecule has 5 nitrogen and oxygen atoms in total. The average Bonchev–Trinajstić information content (AvgIpc) is 2.87. The Bertz CT molecular complexity index is 635. The summed E-state index contributed by atoms with van der Waals surface area (Å²) in [5, 5.41) is 16.8. The van der Waals surface area contributed by atoms with Crippen molar-refractivity contribution in [1.29, 1.82) is 0 Å². The predicted molar refractivity (Wildman–Crippen MR) is 90.2 cm³/mol. The first kappa shape index (κ1) is 17.2. The van der Waals surface area contributed by atoms with E-state index in [9.17, 15) is 9.90 Å². The van der Waals surface area contributed by atoms with Crippen LogP contribution in [0.3, 0.4) is 0 Å². The highest BCUT2D eigenvalue weighted by atomic mass is 16.3. The summed E-state index contributed by atoms with van der Waals surface area (Å²) < 4.78 is 1.60. The molecule has 0 bridgehead atoms. The third-order valence-electron chi connectivity index (χ3n) is 3.66. The number of nitrogens with zero attached hydrogens (tertiary/aromatic N) is 2. The first-order valence-electron chi connectivity index (χ1n) is 7.98. The summed E-state index contributed by atoms with van der Waals surface area (Å²) in [7, 11) is 1.77. The number of nitrogens with one attached hydrogen (secondary N) is 1. The third-order valence-corrected chi connectivity index (χ3v) is 3.66. The molecule has 1 unspecified atom stereocenters. The second kappa shape index (κ2) is 7.92. The number of aryl methyl sites for hydroxylation is 1. The number of hydrogen-bond acceptors (Lipinski definition) is 3. The van der Waals surface area contributed by atoms with Crippen molar-refractivity contribution in [2.24, 2.45) is 13.0 Å². The van der Waals surface area contributed by atoms with Crippen molar-refractivity contribution in [2.75, 3.05) is 6.61 Å². The van der Waals surface area contributed by atoms with Gasteiger partial charge in [0.15, 0.2) is 0 Å². The number of aliphatic hydroxyl groups excluding tert-OH is 1. The summed E-state index contributed by atoms with van der Waals surface area (Å²) in [6.45, 7) is 4.14. The molecule has 0 aliphatic carbocycles. The van der Waals surface area contributed by atoms with Gasteiger partial charge in [-0.25, -0.2) is 0 Å². The Hall–Kier alpha value is -2.14. The maximum absolute atomic E-state index is 12.4. The van der Waals surface area contributed by atoms with Crippen molar-refractivity contribution >= 4 is 5.91 Å². The van der Waals surface area contributed by atoms with Crippen molar-refractivity contribution < 1.29 is 9.90 Å². The normalized spacial score (nSPS) is 12.4. The van der Waals surface area contributed by atoms with Gasteiger partial charge in [-0.3, -0.25) is 9.48 Å². The Morgan fingerprint density at radius 2 is 1.96 bits per heavy atom. The minimum absolute atomic E-state index is 0.0999. The van der Waals surface area contributed by atoms with E-state index >= 15 is 0 Å². The quantitative estimate of drug-likeness (QED) is 0.821. The molecular formula is C18H25N3O2. The second-order valence-electron chi connectivity index (χ2n) is 6.29. The molecule has 0 saturated heterocycles. The summed E-state index contributed by atoms with van der Waals surface area (Å²) >= 11 is 0. The van der Waals surface area contributed by atoms with Crippen molar-refractivity contribution in [3.63, 3.8) is 0 Å². The van der Waals surface area contributed by atoms with Gasteiger partial charge in [0, 0.05) is 7.05 Å². The van der Waals surface area contributed by atoms with Crippen molar-refractivity contribution in [3.8, 4) is 0 Å². The smallest absolute Gasteiger partial charge is 0.269 e. The number of aliphatic hydroxyl groups is 1. The number of benzene rings is 1. The van der Waals surface area contributed by atoms with Gasteiger partial charge in [-0.1, -0.05) is 44.2 Å². The average molecular weight is 315 g/mol. The summed E-state index contributed by atoms with van der Waals surface area (Å²) in [6, 6.07) is 11.3. The molecule has 1 heterocycles. The van der Waals surface area contributed by atoms with Gasteiger partial charge in [0.1, 0.15) is 5.69 Å². The van der Waals surface area contributed by atoms with Gasteiger partial charge in [0.05, 0.1) is 18.3 Å². The summed E-state index contributed by atoms with van der Waals surface area (Å²) in [6.07, 6.45) is 1.44. The number of carbonyl (C=O) groups is 1. The number of aromatic nitrogens is 2. The fourth-order valence-corrected chi connectivity index (χ4v) is 2.58. The Balaban J connectivity index is 2.03. The molecule has 0 saturated carbocycles. The Kier molecular flexibility index (Phi) is 5.93. The number of hydrogen-bond donors (Lipinski definition) is 2. The molecule has 0 fully saturated rings. The van der Waals surface area contributed by atoms with Gasteiger partial charge in [-0.15, -0.1) is 0 Å². The zero-order valence-electron chi connectivity index (χ0n) is 14.0. The van der Waals surface area contributed by atoms with Crippen molar-refractivity contribution in [3.05, 3.63) is 53.3 Å².